The van der Waals surface area contributed by atoms with Gasteiger partial charge in [-0.2, -0.15) is 0 Å². The molecule has 1 aliphatic heterocycles. The number of hydrogen-bond donors (Lipinski definition) is 1. The van der Waals surface area contributed by atoms with Gasteiger partial charge in [-0.3, -0.25) is 9.69 Å². The first-order chi connectivity index (χ1) is 18.9. The number of aromatic nitrogens is 5. The van der Waals surface area contributed by atoms with E-state index in [1.165, 1.54) is 24.3 Å². The number of halogens is 2. The molecule has 0 aliphatic carbocycles. The Morgan fingerprint density at radius 1 is 0.897 bits per heavy atom. The molecule has 2 aromatic heterocycles. The molecule has 1 fully saturated rings. The third kappa shape index (κ3) is 5.15. The monoisotopic (exact) mass is 527 g/mol. The second-order valence-electron chi connectivity index (χ2n) is 9.87. The second kappa shape index (κ2) is 10.4. The van der Waals surface area contributed by atoms with Crippen molar-refractivity contribution in [2.45, 2.75) is 19.5 Å². The van der Waals surface area contributed by atoms with Crippen LogP contribution in [0.25, 0.3) is 10.9 Å². The summed E-state index contributed by atoms with van der Waals surface area (Å²) in [6.07, 6.45) is 0. The van der Waals surface area contributed by atoms with Crippen molar-refractivity contribution in [3.05, 3.63) is 117 Å². The number of hydrogen-bond acceptors (Lipinski definition) is 6. The summed E-state index contributed by atoms with van der Waals surface area (Å²) in [4.78, 5) is 21.0. The number of pyridine rings is 1. The van der Waals surface area contributed by atoms with Crippen LogP contribution in [-0.2, 0) is 6.54 Å². The van der Waals surface area contributed by atoms with Gasteiger partial charge < -0.3 is 9.88 Å². The van der Waals surface area contributed by atoms with E-state index < -0.39 is 6.04 Å². The van der Waals surface area contributed by atoms with Crippen LogP contribution in [0, 0.1) is 18.6 Å². The van der Waals surface area contributed by atoms with E-state index in [9.17, 15) is 13.6 Å². The first-order valence-corrected chi connectivity index (χ1v) is 12.8. The molecule has 1 unspecified atom stereocenters. The maximum atomic E-state index is 13.5. The van der Waals surface area contributed by atoms with Crippen molar-refractivity contribution in [3.8, 4) is 0 Å². The zero-order valence-corrected chi connectivity index (χ0v) is 21.4. The van der Waals surface area contributed by atoms with Gasteiger partial charge in [0.25, 0.3) is 5.56 Å². The first kappa shape index (κ1) is 24.9. The molecule has 198 valence electrons. The van der Waals surface area contributed by atoms with Gasteiger partial charge in [0.15, 0.2) is 5.82 Å². The second-order valence-corrected chi connectivity index (χ2v) is 9.87. The lowest BCUT2D eigenvalue weighted by Crippen LogP contribution is -2.49. The molecule has 0 bridgehead atoms. The van der Waals surface area contributed by atoms with Gasteiger partial charge in [-0.15, -0.1) is 5.10 Å². The van der Waals surface area contributed by atoms with Crippen LogP contribution < -0.4 is 10.5 Å². The molecule has 1 saturated heterocycles. The van der Waals surface area contributed by atoms with Crippen LogP contribution in [0.2, 0.25) is 0 Å². The highest BCUT2D eigenvalue weighted by molar-refractivity contribution is 5.79. The highest BCUT2D eigenvalue weighted by Crippen LogP contribution is 2.29. The van der Waals surface area contributed by atoms with Crippen LogP contribution in [0.1, 0.15) is 28.6 Å². The SMILES string of the molecule is Cc1ccc2cc(C(c3nnnn3Cc3ccc(F)cc3)N3CCN(c4ccc(F)cc4)CC3)c(=O)[nH]c2c1. The molecule has 0 spiro atoms. The van der Waals surface area contributed by atoms with E-state index in [0.717, 1.165) is 27.7 Å². The molecule has 5 aromatic rings. The van der Waals surface area contributed by atoms with E-state index in [2.05, 4.69) is 30.3 Å². The van der Waals surface area contributed by atoms with Crippen molar-refractivity contribution < 1.29 is 8.78 Å². The lowest BCUT2D eigenvalue weighted by molar-refractivity contribution is 0.200. The van der Waals surface area contributed by atoms with E-state index in [1.807, 2.05) is 31.2 Å². The number of H-pyrrole nitrogens is 1. The molecular formula is C29H27F2N7O. The minimum atomic E-state index is -0.509. The highest BCUT2D eigenvalue weighted by atomic mass is 19.1. The fraction of sp³-hybridized carbons (Fsp3) is 0.241. The summed E-state index contributed by atoms with van der Waals surface area (Å²) in [5, 5.41) is 13.5. The van der Waals surface area contributed by atoms with Crippen LogP contribution in [0.15, 0.2) is 77.6 Å². The minimum absolute atomic E-state index is 0.199. The smallest absolute Gasteiger partial charge is 0.253 e. The maximum Gasteiger partial charge on any atom is 0.253 e. The third-order valence-corrected chi connectivity index (χ3v) is 7.25. The molecule has 0 saturated carbocycles. The quantitative estimate of drug-likeness (QED) is 0.359. The van der Waals surface area contributed by atoms with Crippen molar-refractivity contribution in [1.29, 1.82) is 0 Å². The Morgan fingerprint density at radius 3 is 2.31 bits per heavy atom. The summed E-state index contributed by atoms with van der Waals surface area (Å²) in [7, 11) is 0. The fourth-order valence-corrected chi connectivity index (χ4v) is 5.21. The molecule has 1 atom stereocenters. The lowest BCUT2D eigenvalue weighted by Gasteiger charge is -2.39. The first-order valence-electron chi connectivity index (χ1n) is 12.8. The number of benzene rings is 3. The van der Waals surface area contributed by atoms with Crippen molar-refractivity contribution in [2.75, 3.05) is 31.1 Å². The molecule has 1 N–H and O–H groups in total. The molecule has 1 aliphatic rings. The highest BCUT2D eigenvalue weighted by Gasteiger charge is 2.33. The third-order valence-electron chi connectivity index (χ3n) is 7.25. The van der Waals surface area contributed by atoms with E-state index >= 15 is 0 Å². The predicted octanol–water partition coefficient (Wildman–Crippen LogP) is 4.06. The Bertz CT molecular complexity index is 1660. The van der Waals surface area contributed by atoms with Crippen molar-refractivity contribution >= 4 is 16.6 Å². The largest absolute Gasteiger partial charge is 0.369 e. The van der Waals surface area contributed by atoms with Crippen LogP contribution in [0.5, 0.6) is 0 Å². The summed E-state index contributed by atoms with van der Waals surface area (Å²) in [5.74, 6) is -0.0480. The van der Waals surface area contributed by atoms with Gasteiger partial charge in [0.1, 0.15) is 17.7 Å². The molecule has 3 aromatic carbocycles. The number of fused-ring (bicyclic) bond motifs is 1. The molecular weight excluding hydrogens is 500 g/mol. The van der Waals surface area contributed by atoms with Crippen LogP contribution >= 0.6 is 0 Å². The Kier molecular flexibility index (Phi) is 6.62. The van der Waals surface area contributed by atoms with E-state index in [1.54, 1.807) is 28.9 Å². The average molecular weight is 528 g/mol. The fourth-order valence-electron chi connectivity index (χ4n) is 5.21. The standard InChI is InChI=1S/C29H27F2N7O/c1-19-2-5-21-17-25(29(39)32-26(21)16-19)27(28-33-34-35-38(28)18-20-3-6-22(30)7-4-20)37-14-12-36(13-15-37)24-10-8-23(31)9-11-24/h2-11,16-17,27H,12-15,18H2,1H3,(H,32,39). The van der Waals surface area contributed by atoms with Gasteiger partial charge in [0.2, 0.25) is 0 Å². The van der Waals surface area contributed by atoms with Crippen LogP contribution in [0.3, 0.4) is 0 Å². The van der Waals surface area contributed by atoms with Crippen LogP contribution in [-0.4, -0.2) is 56.3 Å². The summed E-state index contributed by atoms with van der Waals surface area (Å²) < 4.78 is 28.6. The van der Waals surface area contributed by atoms with Crippen molar-refractivity contribution in [3.63, 3.8) is 0 Å². The lowest BCUT2D eigenvalue weighted by atomic mass is 10.0. The predicted molar refractivity (Wildman–Crippen MR) is 145 cm³/mol. The number of tetrazole rings is 1. The summed E-state index contributed by atoms with van der Waals surface area (Å²) in [6.45, 7) is 4.96. The van der Waals surface area contributed by atoms with E-state index in [0.29, 0.717) is 44.1 Å². The molecule has 0 amide bonds. The molecule has 10 heteroatoms. The minimum Gasteiger partial charge on any atom is -0.369 e. The maximum absolute atomic E-state index is 13.5. The number of rotatable bonds is 6. The molecule has 3 heterocycles. The number of aromatic amines is 1. The van der Waals surface area contributed by atoms with Crippen LogP contribution in [0.4, 0.5) is 14.5 Å². The zero-order valence-electron chi connectivity index (χ0n) is 21.4. The van der Waals surface area contributed by atoms with Gasteiger partial charge in [0, 0.05) is 42.9 Å². The normalized spacial score (nSPS) is 15.1. The summed E-state index contributed by atoms with van der Waals surface area (Å²) >= 11 is 0. The zero-order chi connectivity index (χ0) is 26.9. The van der Waals surface area contributed by atoms with Crippen molar-refractivity contribution in [2.24, 2.45) is 0 Å². The Hall–Kier alpha value is -4.44. The molecule has 39 heavy (non-hydrogen) atoms. The Morgan fingerprint density at radius 2 is 1.59 bits per heavy atom. The summed E-state index contributed by atoms with van der Waals surface area (Å²) in [6, 6.07) is 20.1. The Labute approximate surface area is 223 Å². The molecule has 0 radical (unpaired) electrons. The number of aryl methyl sites for hydroxylation is 1. The number of nitrogens with one attached hydrogen (secondary N) is 1. The summed E-state index contributed by atoms with van der Waals surface area (Å²) in [5.41, 5.74) is 3.98. The van der Waals surface area contributed by atoms with E-state index in [-0.39, 0.29) is 17.2 Å². The topological polar surface area (TPSA) is 82.9 Å². The molecule has 8 nitrogen and oxygen atoms in total. The van der Waals surface area contributed by atoms with E-state index in [4.69, 9.17) is 0 Å². The molecule has 6 rings (SSSR count). The van der Waals surface area contributed by atoms with Gasteiger partial charge in [-0.05, 0) is 82.4 Å². The van der Waals surface area contributed by atoms with Crippen molar-refractivity contribution in [1.82, 2.24) is 30.1 Å². The number of nitrogens with zero attached hydrogens (tertiary/aromatic N) is 6. The Balaban J connectivity index is 1.37. The van der Waals surface area contributed by atoms with Gasteiger partial charge >= 0.3 is 0 Å². The average Bonchev–Trinajstić information content (AvgIpc) is 3.39. The number of piperazine rings is 1. The van der Waals surface area contributed by atoms with Gasteiger partial charge in [-0.25, -0.2) is 13.5 Å². The van der Waals surface area contributed by atoms with Gasteiger partial charge in [0.05, 0.1) is 6.54 Å². The van der Waals surface area contributed by atoms with Gasteiger partial charge in [-0.1, -0.05) is 24.3 Å². The number of anilines is 1.